The molecule has 0 saturated carbocycles. The zero-order valence-corrected chi connectivity index (χ0v) is 63.5. The van der Waals surface area contributed by atoms with E-state index >= 15 is 0 Å². The summed E-state index contributed by atoms with van der Waals surface area (Å²) in [5.41, 5.74) is 7.46. The first kappa shape index (κ1) is 85.6. The van der Waals surface area contributed by atoms with Gasteiger partial charge in [0.15, 0.2) is 5.78 Å². The van der Waals surface area contributed by atoms with E-state index in [9.17, 15) is 88.4 Å². The third-order valence-corrected chi connectivity index (χ3v) is 21.5. The van der Waals surface area contributed by atoms with Crippen molar-refractivity contribution < 1.29 is 97.9 Å². The number of Topliss-reactive ketones (excluding diaryl/α,β-unsaturated/α-hetero) is 1. The molecule has 18 nitrogen and oxygen atoms in total. The van der Waals surface area contributed by atoms with Crippen LogP contribution in [-0.2, 0) is 61.6 Å². The molecular weight excluding hydrogens is 1500 g/mol. The number of alkyl halides is 9. The monoisotopic (exact) mass is 1590 g/mol. The molecule has 9 N–H and O–H groups in total. The molecule has 0 fully saturated rings. The van der Waals surface area contributed by atoms with Gasteiger partial charge in [-0.3, -0.25) is 19.2 Å². The number of aliphatic hydroxyl groups excluding tert-OH is 2. The minimum absolute atomic E-state index is 0.0237. The van der Waals surface area contributed by atoms with Crippen LogP contribution in [0.4, 0.5) is 88.0 Å². The minimum Gasteiger partial charge on any atom is -0.481 e. The summed E-state index contributed by atoms with van der Waals surface area (Å²) < 4.78 is 126. The molecule has 0 bridgehead atoms. The van der Waals surface area contributed by atoms with Crippen molar-refractivity contribution in [1.29, 1.82) is 0 Å². The number of carboxylic acids is 1. The summed E-state index contributed by atoms with van der Waals surface area (Å²) in [6.45, 7) is 9.91. The number of carboxylic acid groups (broad SMARTS) is 1. The van der Waals surface area contributed by atoms with Gasteiger partial charge in [-0.25, -0.2) is 14.4 Å². The number of fused-ring (bicyclic) bond motifs is 3. The summed E-state index contributed by atoms with van der Waals surface area (Å²) in [4.78, 5) is 86.0. The molecule has 5 atom stereocenters. The number of benzene rings is 9. The lowest BCUT2D eigenvalue weighted by Crippen LogP contribution is -2.38. The molecule has 115 heavy (non-hydrogen) atoms. The number of carbonyl (C=O) groups excluding carboxylic acids is 6. The number of nitrogens with one attached hydrogen (secondary N) is 6. The smallest absolute Gasteiger partial charge is 0.416 e. The van der Waals surface area contributed by atoms with Gasteiger partial charge in [0.25, 0.3) is 0 Å². The second-order valence-corrected chi connectivity index (χ2v) is 28.6. The molecule has 9 aromatic carbocycles. The van der Waals surface area contributed by atoms with Gasteiger partial charge in [-0.2, -0.15) is 39.5 Å². The second kappa shape index (κ2) is 36.5. The molecule has 0 aliphatic heterocycles. The van der Waals surface area contributed by atoms with Gasteiger partial charge in [-0.05, 0) is 224 Å². The topological polar surface area (TPSA) is 271 Å². The van der Waals surface area contributed by atoms with Crippen LogP contribution in [0.5, 0.6) is 0 Å². The number of aryl methyl sites for hydroxylation is 3. The number of rotatable bonds is 20. The standard InChI is InChI=1S/C30H31F3N2O4.C30H29F3N2O4.C28H27F3N2O4/c2*1-3-29(18-26(36)39-4-2)15-14-21-16-20(10-13-25(21)27(29)37)19-8-11-23(12-9-19)34-28(38)35-24-7-5-6-22(17-24)30(31,32)33;1-2-27(16-24(34)35)13-12-19-14-18(8-11-23(19)25(27)36)17-6-9-21(10-7-17)32-26(37)33-22-5-3-4-20(15-22)28(29,30)31/h5-13,16-17,27,37H,3-4,14-15,18H2,1-2H3,(H2,34,35,38);5-13,16-17H,3-4,14-15,18H2,1-2H3,(H2,34,35,38);3-11,14-15,25,36H,2,12-13,16H2,1H3,(H,34,35)(H2,32,33,37)/t27?,29-;29-;25?,27-/m000/s1. The maximum atomic E-state index is 13.4. The number of carbonyl (C=O) groups is 7. The van der Waals surface area contributed by atoms with Crippen LogP contribution in [0.3, 0.4) is 0 Å². The lowest BCUT2D eigenvalue weighted by Gasteiger charge is -2.41. The molecular formula is C88H87F9N6O12. The summed E-state index contributed by atoms with van der Waals surface area (Å²) in [7, 11) is 0. The van der Waals surface area contributed by atoms with E-state index < -0.39 is 87.7 Å². The van der Waals surface area contributed by atoms with Crippen LogP contribution >= 0.6 is 0 Å². The zero-order valence-electron chi connectivity index (χ0n) is 63.5. The van der Waals surface area contributed by atoms with E-state index in [4.69, 9.17) is 9.47 Å². The summed E-state index contributed by atoms with van der Waals surface area (Å²) in [5, 5.41) is 46.6. The largest absolute Gasteiger partial charge is 0.481 e. The Kier molecular flexibility index (Phi) is 27.2. The van der Waals surface area contributed by atoms with Crippen LogP contribution in [0.25, 0.3) is 33.4 Å². The van der Waals surface area contributed by atoms with Crippen LogP contribution in [-0.4, -0.2) is 70.3 Å². The minimum atomic E-state index is -4.50. The molecule has 0 heterocycles. The molecule has 12 rings (SSSR count). The molecule has 27 heteroatoms. The van der Waals surface area contributed by atoms with E-state index in [0.717, 1.165) is 104 Å². The Labute approximate surface area is 658 Å². The normalized spacial score (nSPS) is 18.2. The van der Waals surface area contributed by atoms with Crippen LogP contribution in [0.2, 0.25) is 0 Å². The number of aliphatic hydroxyl groups is 2. The van der Waals surface area contributed by atoms with Gasteiger partial charge in [0.1, 0.15) is 0 Å². The fourth-order valence-corrected chi connectivity index (χ4v) is 14.9. The third-order valence-electron chi connectivity index (χ3n) is 21.5. The number of esters is 2. The van der Waals surface area contributed by atoms with E-state index in [2.05, 4.69) is 31.9 Å². The van der Waals surface area contributed by atoms with Gasteiger partial charge in [0.2, 0.25) is 0 Å². The fourth-order valence-electron chi connectivity index (χ4n) is 14.9. The Morgan fingerprint density at radius 2 is 0.704 bits per heavy atom. The summed E-state index contributed by atoms with van der Waals surface area (Å²) in [6.07, 6.45) is -9.31. The van der Waals surface area contributed by atoms with Gasteiger partial charge in [-0.1, -0.05) is 130 Å². The highest BCUT2D eigenvalue weighted by Gasteiger charge is 2.46. The number of hydrogen-bond donors (Lipinski definition) is 9. The highest BCUT2D eigenvalue weighted by molar-refractivity contribution is 6.05. The van der Waals surface area contributed by atoms with Crippen molar-refractivity contribution in [2.75, 3.05) is 45.1 Å². The molecule has 0 radical (unpaired) electrons. The molecule has 3 aliphatic rings. The van der Waals surface area contributed by atoms with Gasteiger partial charge in [-0.15, -0.1) is 0 Å². The van der Waals surface area contributed by atoms with Crippen molar-refractivity contribution >= 4 is 75.9 Å². The average molecular weight is 1590 g/mol. The van der Waals surface area contributed by atoms with Crippen LogP contribution in [0, 0.1) is 16.2 Å². The summed E-state index contributed by atoms with van der Waals surface area (Å²) in [6, 6.07) is 49.4. The van der Waals surface area contributed by atoms with Gasteiger partial charge in [0.05, 0.1) is 61.4 Å². The number of halogens is 9. The molecule has 0 aromatic heterocycles. The number of amides is 6. The third kappa shape index (κ3) is 21.3. The van der Waals surface area contributed by atoms with Crippen molar-refractivity contribution in [2.45, 2.75) is 142 Å². The van der Waals surface area contributed by atoms with Crippen molar-refractivity contribution in [3.63, 3.8) is 0 Å². The van der Waals surface area contributed by atoms with E-state index in [0.29, 0.717) is 80.6 Å². The number of aliphatic carboxylic acids is 1. The maximum Gasteiger partial charge on any atom is 0.416 e. The van der Waals surface area contributed by atoms with E-state index in [1.54, 1.807) is 56.3 Å². The lowest BCUT2D eigenvalue weighted by molar-refractivity contribution is -0.149. The second-order valence-electron chi connectivity index (χ2n) is 28.6. The number of ether oxygens (including phenoxy) is 2. The molecule has 9 aromatic rings. The maximum absolute atomic E-state index is 13.4. The summed E-state index contributed by atoms with van der Waals surface area (Å²) >= 11 is 0. The Balaban J connectivity index is 0.000000182. The first-order valence-corrected chi connectivity index (χ1v) is 37.5. The Morgan fingerprint density at radius 3 is 1.04 bits per heavy atom. The van der Waals surface area contributed by atoms with Crippen LogP contribution in [0.1, 0.15) is 159 Å². The van der Waals surface area contributed by atoms with E-state index in [1.165, 1.54) is 36.4 Å². The number of hydrogen-bond acceptors (Lipinski definition) is 11. The number of anilines is 6. The van der Waals surface area contributed by atoms with Crippen LogP contribution in [0.15, 0.2) is 200 Å². The van der Waals surface area contributed by atoms with E-state index in [1.807, 2.05) is 106 Å². The van der Waals surface area contributed by atoms with Crippen molar-refractivity contribution in [3.05, 3.63) is 250 Å². The Morgan fingerprint density at radius 1 is 0.383 bits per heavy atom. The number of ketones is 1. The Hall–Kier alpha value is -11.8. The van der Waals surface area contributed by atoms with Gasteiger partial charge >= 0.3 is 54.5 Å². The van der Waals surface area contributed by atoms with Crippen molar-refractivity contribution in [3.8, 4) is 33.4 Å². The first-order chi connectivity index (χ1) is 54.6. The molecule has 0 spiro atoms. The molecule has 3 aliphatic carbocycles. The molecule has 604 valence electrons. The summed E-state index contributed by atoms with van der Waals surface area (Å²) in [5.74, 6) is -1.60. The number of urea groups is 3. The highest BCUT2D eigenvalue weighted by Crippen LogP contribution is 2.52. The molecule has 6 amide bonds. The molecule has 2 unspecified atom stereocenters. The van der Waals surface area contributed by atoms with Crippen LogP contribution < -0.4 is 31.9 Å². The average Bonchev–Trinajstić information content (AvgIpc) is 0.771. The zero-order chi connectivity index (χ0) is 83.2. The Bertz CT molecular complexity index is 5020. The lowest BCUT2D eigenvalue weighted by atomic mass is 9.65. The van der Waals surface area contributed by atoms with Gasteiger partial charge in [0, 0.05) is 55.9 Å². The van der Waals surface area contributed by atoms with E-state index in [-0.39, 0.29) is 60.7 Å². The fraction of sp³-hybridized carbons (Fsp3) is 0.307. The first-order valence-electron chi connectivity index (χ1n) is 37.5. The quantitative estimate of drug-likeness (QED) is 0.0255. The molecule has 0 saturated heterocycles. The van der Waals surface area contributed by atoms with Crippen molar-refractivity contribution in [2.24, 2.45) is 16.2 Å². The van der Waals surface area contributed by atoms with Gasteiger partial charge < -0.3 is 56.7 Å². The predicted octanol–water partition coefficient (Wildman–Crippen LogP) is 21.7. The SMILES string of the molecule is CCOC(=O)C[C@]1(CC)CCc2cc(-c3ccc(NC(=O)Nc4cccc(C(F)(F)F)c4)cc3)ccc2C1=O.CCOC(=O)C[C@]1(CC)CCc2cc(-c3ccc(NC(=O)Nc4cccc(C(F)(F)F)c4)cc3)ccc2C1O.CC[C@@]1(CC(=O)O)CCc2cc(-c3ccc(NC(=O)Nc4cccc(C(F)(F)F)c4)cc3)ccc2C1O. The highest BCUT2D eigenvalue weighted by atomic mass is 19.4. The predicted molar refractivity (Wildman–Crippen MR) is 420 cm³/mol. The van der Waals surface area contributed by atoms with Crippen molar-refractivity contribution in [1.82, 2.24) is 0 Å².